The number of rotatable bonds is 3. The standard InChI is InChI=1S/C13H11F2NO2/c1-2-7-3-4-12(18-7)13(17)8-5-11(16)10(15)6-9(8)14/h3-6H,2,16H2,1H3. The molecule has 0 bridgehead atoms. The monoisotopic (exact) mass is 251 g/mol. The summed E-state index contributed by atoms with van der Waals surface area (Å²) in [6.45, 7) is 1.86. The maximum Gasteiger partial charge on any atom is 0.231 e. The van der Waals surface area contributed by atoms with Crippen molar-refractivity contribution < 1.29 is 18.0 Å². The van der Waals surface area contributed by atoms with Gasteiger partial charge in [0.1, 0.15) is 17.4 Å². The second-order valence-corrected chi connectivity index (χ2v) is 3.80. The number of ketones is 1. The number of anilines is 1. The second kappa shape index (κ2) is 4.60. The van der Waals surface area contributed by atoms with Crippen molar-refractivity contribution in [2.45, 2.75) is 13.3 Å². The van der Waals surface area contributed by atoms with Gasteiger partial charge in [-0.05, 0) is 18.2 Å². The van der Waals surface area contributed by atoms with E-state index in [1.807, 2.05) is 6.92 Å². The summed E-state index contributed by atoms with van der Waals surface area (Å²) in [6.07, 6.45) is 0.626. The van der Waals surface area contributed by atoms with Gasteiger partial charge in [-0.3, -0.25) is 4.79 Å². The summed E-state index contributed by atoms with van der Waals surface area (Å²) in [5, 5.41) is 0. The molecule has 0 radical (unpaired) electrons. The van der Waals surface area contributed by atoms with Crippen molar-refractivity contribution in [3.05, 3.63) is 53.0 Å². The minimum absolute atomic E-state index is 0.0109. The van der Waals surface area contributed by atoms with Gasteiger partial charge in [-0.1, -0.05) is 6.92 Å². The Hall–Kier alpha value is -2.17. The van der Waals surface area contributed by atoms with Gasteiger partial charge in [0.25, 0.3) is 0 Å². The summed E-state index contributed by atoms with van der Waals surface area (Å²) in [5.41, 5.74) is 4.74. The summed E-state index contributed by atoms with van der Waals surface area (Å²) < 4.78 is 31.7. The SMILES string of the molecule is CCc1ccc(C(=O)c2cc(N)c(F)cc2F)o1. The molecule has 1 aromatic heterocycles. The number of nitrogen functional groups attached to an aromatic ring is 1. The average Bonchev–Trinajstić information content (AvgIpc) is 2.81. The second-order valence-electron chi connectivity index (χ2n) is 3.80. The van der Waals surface area contributed by atoms with E-state index in [2.05, 4.69) is 0 Å². The van der Waals surface area contributed by atoms with Gasteiger partial charge in [0.05, 0.1) is 11.3 Å². The third-order valence-corrected chi connectivity index (χ3v) is 2.56. The number of hydrogen-bond donors (Lipinski definition) is 1. The number of aryl methyl sites for hydroxylation is 1. The van der Waals surface area contributed by atoms with E-state index in [-0.39, 0.29) is 17.0 Å². The molecular weight excluding hydrogens is 240 g/mol. The van der Waals surface area contributed by atoms with E-state index in [9.17, 15) is 13.6 Å². The van der Waals surface area contributed by atoms with Gasteiger partial charge in [-0.2, -0.15) is 0 Å². The van der Waals surface area contributed by atoms with Crippen molar-refractivity contribution in [1.29, 1.82) is 0 Å². The summed E-state index contributed by atoms with van der Waals surface area (Å²) in [5.74, 6) is -1.87. The van der Waals surface area contributed by atoms with Crippen molar-refractivity contribution >= 4 is 11.5 Å². The Kier molecular flexibility index (Phi) is 3.14. The van der Waals surface area contributed by atoms with Crippen LogP contribution in [0.2, 0.25) is 0 Å². The number of hydrogen-bond acceptors (Lipinski definition) is 3. The molecule has 0 aliphatic carbocycles. The smallest absolute Gasteiger partial charge is 0.231 e. The highest BCUT2D eigenvalue weighted by Crippen LogP contribution is 2.21. The zero-order valence-electron chi connectivity index (χ0n) is 9.67. The van der Waals surface area contributed by atoms with Crippen LogP contribution in [0.4, 0.5) is 14.5 Å². The lowest BCUT2D eigenvalue weighted by atomic mass is 10.1. The molecule has 0 atom stereocenters. The lowest BCUT2D eigenvalue weighted by Gasteiger charge is -2.03. The van der Waals surface area contributed by atoms with E-state index in [1.165, 1.54) is 6.07 Å². The molecule has 18 heavy (non-hydrogen) atoms. The van der Waals surface area contributed by atoms with E-state index in [0.717, 1.165) is 6.07 Å². The van der Waals surface area contributed by atoms with Crippen LogP contribution in [0, 0.1) is 11.6 Å². The zero-order valence-corrected chi connectivity index (χ0v) is 9.67. The molecule has 2 rings (SSSR count). The average molecular weight is 251 g/mol. The summed E-state index contributed by atoms with van der Waals surface area (Å²) in [7, 11) is 0. The van der Waals surface area contributed by atoms with Crippen molar-refractivity contribution in [3.63, 3.8) is 0 Å². The topological polar surface area (TPSA) is 56.2 Å². The van der Waals surface area contributed by atoms with E-state index in [1.54, 1.807) is 6.07 Å². The fraction of sp³-hybridized carbons (Fsp3) is 0.154. The van der Waals surface area contributed by atoms with E-state index in [0.29, 0.717) is 18.2 Å². The van der Waals surface area contributed by atoms with Crippen molar-refractivity contribution in [2.75, 3.05) is 5.73 Å². The minimum Gasteiger partial charge on any atom is -0.458 e. The summed E-state index contributed by atoms with van der Waals surface area (Å²) in [6, 6.07) is 4.66. The molecular formula is C13H11F2NO2. The van der Waals surface area contributed by atoms with Crippen molar-refractivity contribution in [1.82, 2.24) is 0 Å². The Morgan fingerprint density at radius 3 is 2.61 bits per heavy atom. The largest absolute Gasteiger partial charge is 0.458 e. The lowest BCUT2D eigenvalue weighted by molar-refractivity contribution is 0.100. The zero-order chi connectivity index (χ0) is 13.3. The van der Waals surface area contributed by atoms with Crippen LogP contribution in [0.1, 0.15) is 28.8 Å². The van der Waals surface area contributed by atoms with E-state index < -0.39 is 17.4 Å². The lowest BCUT2D eigenvalue weighted by Crippen LogP contribution is -2.05. The molecule has 2 aromatic rings. The van der Waals surface area contributed by atoms with Gasteiger partial charge < -0.3 is 10.2 Å². The highest BCUT2D eigenvalue weighted by atomic mass is 19.1. The highest BCUT2D eigenvalue weighted by molar-refractivity contribution is 6.07. The maximum absolute atomic E-state index is 13.5. The Bertz CT molecular complexity index is 605. The van der Waals surface area contributed by atoms with Gasteiger partial charge in [0.2, 0.25) is 5.78 Å². The number of furan rings is 1. The summed E-state index contributed by atoms with van der Waals surface area (Å²) in [4.78, 5) is 11.9. The minimum atomic E-state index is -0.957. The van der Waals surface area contributed by atoms with Crippen molar-refractivity contribution in [3.8, 4) is 0 Å². The Balaban J connectivity index is 2.42. The number of carbonyl (C=O) groups excluding carboxylic acids is 1. The summed E-state index contributed by atoms with van der Waals surface area (Å²) >= 11 is 0. The molecule has 0 saturated heterocycles. The van der Waals surface area contributed by atoms with Crippen LogP contribution in [0.15, 0.2) is 28.7 Å². The Morgan fingerprint density at radius 2 is 2.00 bits per heavy atom. The first-order valence-corrected chi connectivity index (χ1v) is 5.41. The van der Waals surface area contributed by atoms with Gasteiger partial charge >= 0.3 is 0 Å². The van der Waals surface area contributed by atoms with Gasteiger partial charge in [-0.15, -0.1) is 0 Å². The van der Waals surface area contributed by atoms with Gasteiger partial charge in [0.15, 0.2) is 5.76 Å². The molecule has 5 heteroatoms. The molecule has 3 nitrogen and oxygen atoms in total. The fourth-order valence-corrected chi connectivity index (χ4v) is 1.56. The van der Waals surface area contributed by atoms with Crippen LogP contribution in [0.3, 0.4) is 0 Å². The molecule has 0 saturated carbocycles. The predicted octanol–water partition coefficient (Wildman–Crippen LogP) is 2.93. The van der Waals surface area contributed by atoms with Crippen LogP contribution < -0.4 is 5.73 Å². The molecule has 0 aliphatic rings. The molecule has 94 valence electrons. The van der Waals surface area contributed by atoms with Crippen LogP contribution in [-0.2, 0) is 6.42 Å². The molecule has 0 amide bonds. The van der Waals surface area contributed by atoms with Crippen LogP contribution >= 0.6 is 0 Å². The molecule has 0 spiro atoms. The molecule has 2 N–H and O–H groups in total. The molecule has 0 aliphatic heterocycles. The molecule has 1 heterocycles. The highest BCUT2D eigenvalue weighted by Gasteiger charge is 2.19. The molecule has 0 fully saturated rings. The molecule has 1 aromatic carbocycles. The van der Waals surface area contributed by atoms with Crippen LogP contribution in [0.25, 0.3) is 0 Å². The maximum atomic E-state index is 13.5. The number of benzene rings is 1. The number of nitrogens with two attached hydrogens (primary N) is 1. The molecule has 0 unspecified atom stereocenters. The Labute approximate surface area is 102 Å². The first-order valence-electron chi connectivity index (χ1n) is 5.41. The van der Waals surface area contributed by atoms with E-state index in [4.69, 9.17) is 10.2 Å². The Morgan fingerprint density at radius 1 is 1.28 bits per heavy atom. The number of carbonyl (C=O) groups is 1. The quantitative estimate of drug-likeness (QED) is 0.674. The normalized spacial score (nSPS) is 10.6. The van der Waals surface area contributed by atoms with E-state index >= 15 is 0 Å². The third-order valence-electron chi connectivity index (χ3n) is 2.56. The van der Waals surface area contributed by atoms with Gasteiger partial charge in [0, 0.05) is 12.5 Å². The van der Waals surface area contributed by atoms with Gasteiger partial charge in [-0.25, -0.2) is 8.78 Å². The van der Waals surface area contributed by atoms with Crippen LogP contribution in [-0.4, -0.2) is 5.78 Å². The third kappa shape index (κ3) is 2.11. The van der Waals surface area contributed by atoms with Crippen LogP contribution in [0.5, 0.6) is 0 Å². The predicted molar refractivity (Wildman–Crippen MR) is 62.3 cm³/mol. The first kappa shape index (κ1) is 12.3. The van der Waals surface area contributed by atoms with Crippen molar-refractivity contribution in [2.24, 2.45) is 0 Å². The fourth-order valence-electron chi connectivity index (χ4n) is 1.56. The first-order chi connectivity index (χ1) is 8.52. The number of halogens is 2.